The van der Waals surface area contributed by atoms with Gasteiger partial charge in [-0.1, -0.05) is 121 Å². The van der Waals surface area contributed by atoms with Gasteiger partial charge in [-0.05, 0) is 42.5 Å². The molecule has 238 valence electrons. The van der Waals surface area contributed by atoms with Gasteiger partial charge < -0.3 is 8.98 Å². The van der Waals surface area contributed by atoms with E-state index in [9.17, 15) is 0 Å². The highest BCUT2D eigenvalue weighted by atomic mass is 16.3. The highest BCUT2D eigenvalue weighted by molar-refractivity contribution is 6.16. The Labute approximate surface area is 291 Å². The highest BCUT2D eigenvalue weighted by Crippen LogP contribution is 2.43. The van der Waals surface area contributed by atoms with Gasteiger partial charge in [-0.3, -0.25) is 4.57 Å². The van der Waals surface area contributed by atoms with E-state index in [4.69, 9.17) is 19.4 Å². The molecule has 4 aromatic heterocycles. The van der Waals surface area contributed by atoms with Crippen molar-refractivity contribution in [2.45, 2.75) is 0 Å². The van der Waals surface area contributed by atoms with Crippen molar-refractivity contribution in [2.24, 2.45) is 0 Å². The molecule has 6 nitrogen and oxygen atoms in total. The number of furan rings is 1. The fourth-order valence-electron chi connectivity index (χ4n) is 7.81. The van der Waals surface area contributed by atoms with E-state index in [0.29, 0.717) is 17.6 Å². The van der Waals surface area contributed by atoms with Crippen molar-refractivity contribution >= 4 is 65.6 Å². The molecule has 0 amide bonds. The SMILES string of the molecule is c1ccc(-c2nc(-c3ccc4oc5ccccc5c4c3-n3c4ccccc4c4ccccc43)nc(-n3c4ccccc4c4ccccc43)n2)cc1. The van der Waals surface area contributed by atoms with Gasteiger partial charge in [0, 0.05) is 38.1 Å². The minimum Gasteiger partial charge on any atom is -0.456 e. The molecule has 0 aliphatic carbocycles. The number of fused-ring (bicyclic) bond motifs is 9. The number of rotatable bonds is 4. The van der Waals surface area contributed by atoms with E-state index in [0.717, 1.165) is 71.6 Å². The summed E-state index contributed by atoms with van der Waals surface area (Å²) in [5, 5.41) is 6.69. The summed E-state index contributed by atoms with van der Waals surface area (Å²) in [5.74, 6) is 1.73. The van der Waals surface area contributed by atoms with Crippen LogP contribution >= 0.6 is 0 Å². The van der Waals surface area contributed by atoms with Gasteiger partial charge >= 0.3 is 0 Å². The molecule has 11 rings (SSSR count). The summed E-state index contributed by atoms with van der Waals surface area (Å²) < 4.78 is 11.0. The van der Waals surface area contributed by atoms with Crippen molar-refractivity contribution in [3.63, 3.8) is 0 Å². The lowest BCUT2D eigenvalue weighted by Crippen LogP contribution is -2.08. The topological polar surface area (TPSA) is 61.7 Å². The van der Waals surface area contributed by atoms with Gasteiger partial charge in [0.25, 0.3) is 0 Å². The van der Waals surface area contributed by atoms with Crippen LogP contribution in [0.5, 0.6) is 0 Å². The summed E-state index contributed by atoms with van der Waals surface area (Å²) in [6, 6.07) is 56.6. The predicted octanol–water partition coefficient (Wildman–Crippen LogP) is 11.3. The molecular formula is C45H27N5O. The quantitative estimate of drug-likeness (QED) is 0.190. The first-order valence-electron chi connectivity index (χ1n) is 17.0. The van der Waals surface area contributed by atoms with Crippen LogP contribution in [-0.4, -0.2) is 24.1 Å². The fraction of sp³-hybridized carbons (Fsp3) is 0. The summed E-state index contributed by atoms with van der Waals surface area (Å²) in [7, 11) is 0. The third-order valence-electron chi connectivity index (χ3n) is 10.00. The Balaban J connectivity index is 1.31. The fourth-order valence-corrected chi connectivity index (χ4v) is 7.81. The van der Waals surface area contributed by atoms with Crippen LogP contribution in [0.1, 0.15) is 0 Å². The second-order valence-corrected chi connectivity index (χ2v) is 12.8. The highest BCUT2D eigenvalue weighted by Gasteiger charge is 2.25. The Kier molecular flexibility index (Phi) is 5.86. The molecular weight excluding hydrogens is 627 g/mol. The first-order chi connectivity index (χ1) is 25.3. The Morgan fingerprint density at radius 1 is 0.373 bits per heavy atom. The van der Waals surface area contributed by atoms with Crippen molar-refractivity contribution in [1.82, 2.24) is 24.1 Å². The van der Waals surface area contributed by atoms with Crippen molar-refractivity contribution in [1.29, 1.82) is 0 Å². The molecule has 6 heteroatoms. The maximum Gasteiger partial charge on any atom is 0.238 e. The van der Waals surface area contributed by atoms with Gasteiger partial charge in [-0.25, -0.2) is 4.98 Å². The predicted molar refractivity (Wildman–Crippen MR) is 207 cm³/mol. The molecule has 0 aliphatic rings. The molecule has 7 aromatic carbocycles. The van der Waals surface area contributed by atoms with E-state index in [1.165, 1.54) is 10.8 Å². The smallest absolute Gasteiger partial charge is 0.238 e. The number of benzene rings is 7. The molecule has 0 spiro atoms. The summed E-state index contributed by atoms with van der Waals surface area (Å²) in [6.45, 7) is 0. The minimum atomic E-state index is 0.557. The largest absolute Gasteiger partial charge is 0.456 e. The monoisotopic (exact) mass is 653 g/mol. The number of hydrogen-bond acceptors (Lipinski definition) is 4. The van der Waals surface area contributed by atoms with Gasteiger partial charge in [-0.2, -0.15) is 9.97 Å². The van der Waals surface area contributed by atoms with Gasteiger partial charge in [0.1, 0.15) is 11.2 Å². The van der Waals surface area contributed by atoms with E-state index in [2.05, 4.69) is 137 Å². The van der Waals surface area contributed by atoms with Crippen LogP contribution in [0.15, 0.2) is 168 Å². The Bertz CT molecular complexity index is 3040. The van der Waals surface area contributed by atoms with Crippen molar-refractivity contribution in [2.75, 3.05) is 0 Å². The van der Waals surface area contributed by atoms with E-state index in [1.807, 2.05) is 36.4 Å². The van der Waals surface area contributed by atoms with Crippen LogP contribution < -0.4 is 0 Å². The van der Waals surface area contributed by atoms with Crippen molar-refractivity contribution < 1.29 is 4.42 Å². The van der Waals surface area contributed by atoms with Crippen LogP contribution in [0, 0.1) is 0 Å². The molecule has 0 radical (unpaired) electrons. The average Bonchev–Trinajstić information content (AvgIpc) is 3.86. The molecule has 51 heavy (non-hydrogen) atoms. The zero-order valence-electron chi connectivity index (χ0n) is 27.2. The Morgan fingerprint density at radius 3 is 1.47 bits per heavy atom. The first kappa shape index (κ1) is 27.9. The van der Waals surface area contributed by atoms with E-state index in [1.54, 1.807) is 0 Å². The number of aromatic nitrogens is 5. The number of nitrogens with zero attached hydrogens (tertiary/aromatic N) is 5. The molecule has 0 bridgehead atoms. The van der Waals surface area contributed by atoms with Gasteiger partial charge in [-0.15, -0.1) is 0 Å². The second-order valence-electron chi connectivity index (χ2n) is 12.8. The summed E-state index contributed by atoms with van der Waals surface area (Å²) in [6.07, 6.45) is 0. The summed E-state index contributed by atoms with van der Waals surface area (Å²) >= 11 is 0. The number of para-hydroxylation sites is 5. The lowest BCUT2D eigenvalue weighted by atomic mass is 10.0. The van der Waals surface area contributed by atoms with Crippen molar-refractivity contribution in [3.05, 3.63) is 164 Å². The Hall–Kier alpha value is -7.05. The van der Waals surface area contributed by atoms with Gasteiger partial charge in [0.15, 0.2) is 11.6 Å². The van der Waals surface area contributed by atoms with Crippen LogP contribution in [-0.2, 0) is 0 Å². The zero-order chi connectivity index (χ0) is 33.5. The van der Waals surface area contributed by atoms with Gasteiger partial charge in [0.2, 0.25) is 5.95 Å². The van der Waals surface area contributed by atoms with Gasteiger partial charge in [0.05, 0.1) is 33.1 Å². The average molecular weight is 654 g/mol. The Morgan fingerprint density at radius 2 is 0.863 bits per heavy atom. The minimum absolute atomic E-state index is 0.557. The van der Waals surface area contributed by atoms with E-state index < -0.39 is 0 Å². The molecule has 0 fully saturated rings. The molecule has 0 unspecified atom stereocenters. The molecule has 0 atom stereocenters. The van der Waals surface area contributed by atoms with Crippen LogP contribution in [0.2, 0.25) is 0 Å². The van der Waals surface area contributed by atoms with Crippen LogP contribution in [0.25, 0.3) is 100.0 Å². The van der Waals surface area contributed by atoms with Crippen molar-refractivity contribution in [3.8, 4) is 34.4 Å². The standard InChI is InChI=1S/C45H27N5O/c1-2-14-28(15-3-1)43-46-44(48-45(47-43)50-37-23-11-6-18-31(37)32-19-7-12-24-38(32)50)34-26-27-40-41(33-20-8-13-25-39(33)51-40)42(34)49-35-21-9-4-16-29(35)30-17-5-10-22-36(30)49/h1-27H. The zero-order valence-corrected chi connectivity index (χ0v) is 27.2. The summed E-state index contributed by atoms with van der Waals surface area (Å²) in [4.78, 5) is 15.8. The molecule has 11 aromatic rings. The van der Waals surface area contributed by atoms with E-state index in [-0.39, 0.29) is 0 Å². The molecule has 0 saturated heterocycles. The lowest BCUT2D eigenvalue weighted by molar-refractivity contribution is 0.669. The molecule has 0 saturated carbocycles. The molecule has 0 N–H and O–H groups in total. The summed E-state index contributed by atoms with van der Waals surface area (Å²) in [5.41, 5.74) is 8.65. The maximum atomic E-state index is 6.51. The van der Waals surface area contributed by atoms with Crippen LogP contribution in [0.3, 0.4) is 0 Å². The molecule has 0 aliphatic heterocycles. The third kappa shape index (κ3) is 4.07. The second kappa shape index (κ2) is 10.7. The van der Waals surface area contributed by atoms with Crippen LogP contribution in [0.4, 0.5) is 0 Å². The van der Waals surface area contributed by atoms with E-state index >= 15 is 0 Å². The lowest BCUT2D eigenvalue weighted by Gasteiger charge is -2.16. The normalized spacial score (nSPS) is 11.9. The first-order valence-corrected chi connectivity index (χ1v) is 17.0. The molecule has 4 heterocycles. The number of hydrogen-bond donors (Lipinski definition) is 0. The third-order valence-corrected chi connectivity index (χ3v) is 10.00. The maximum absolute atomic E-state index is 6.51.